The van der Waals surface area contributed by atoms with Gasteiger partial charge in [0.15, 0.2) is 0 Å². The molecule has 1 N–H and O–H groups in total. The lowest BCUT2D eigenvalue weighted by atomic mass is 9.99. The predicted octanol–water partition coefficient (Wildman–Crippen LogP) is 4.12. The number of amides is 2. The Kier molecular flexibility index (Phi) is 5.43. The molecule has 4 heteroatoms. The molecule has 29 heavy (non-hydrogen) atoms. The maximum Gasteiger partial charge on any atom is 0.254 e. The molecule has 0 aliphatic carbocycles. The Hall–Kier alpha value is -3.40. The Morgan fingerprint density at radius 2 is 1.62 bits per heavy atom. The summed E-state index contributed by atoms with van der Waals surface area (Å²) in [7, 11) is 0. The molecule has 0 unspecified atom stereocenters. The first kappa shape index (κ1) is 18.9. The first-order valence-corrected chi connectivity index (χ1v) is 9.90. The summed E-state index contributed by atoms with van der Waals surface area (Å²) in [5.74, 6) is -0.136. The minimum absolute atomic E-state index is 0.00576. The van der Waals surface area contributed by atoms with Crippen LogP contribution in [0.4, 0.5) is 0 Å². The SMILES string of the molecule is Cc1cccc(CNC(=O)c2ccc(C(=O)N3CCc4ccccc4C3)cc2)c1. The highest BCUT2D eigenvalue weighted by molar-refractivity contribution is 5.97. The maximum absolute atomic E-state index is 12.9. The van der Waals surface area contributed by atoms with E-state index < -0.39 is 0 Å². The van der Waals surface area contributed by atoms with Gasteiger partial charge in [0.05, 0.1) is 0 Å². The molecule has 146 valence electrons. The van der Waals surface area contributed by atoms with Crippen LogP contribution in [0.15, 0.2) is 72.8 Å². The van der Waals surface area contributed by atoms with Crippen LogP contribution in [0, 0.1) is 6.92 Å². The fourth-order valence-electron chi connectivity index (χ4n) is 3.72. The summed E-state index contributed by atoms with van der Waals surface area (Å²) in [6.07, 6.45) is 0.876. The van der Waals surface area contributed by atoms with Crippen LogP contribution in [0.3, 0.4) is 0 Å². The Labute approximate surface area is 171 Å². The molecule has 2 amide bonds. The predicted molar refractivity (Wildman–Crippen MR) is 114 cm³/mol. The van der Waals surface area contributed by atoms with E-state index in [2.05, 4.69) is 23.5 Å². The minimum atomic E-state index is -0.141. The van der Waals surface area contributed by atoms with E-state index in [9.17, 15) is 9.59 Å². The largest absolute Gasteiger partial charge is 0.348 e. The Morgan fingerprint density at radius 1 is 0.897 bits per heavy atom. The van der Waals surface area contributed by atoms with Crippen molar-refractivity contribution in [3.05, 3.63) is 106 Å². The second-order valence-corrected chi connectivity index (χ2v) is 7.49. The number of benzene rings is 3. The van der Waals surface area contributed by atoms with Gasteiger partial charge in [-0.05, 0) is 54.3 Å². The third-order valence-corrected chi connectivity index (χ3v) is 5.35. The highest BCUT2D eigenvalue weighted by Gasteiger charge is 2.21. The van der Waals surface area contributed by atoms with Crippen molar-refractivity contribution in [2.24, 2.45) is 0 Å². The van der Waals surface area contributed by atoms with Gasteiger partial charge in [-0.25, -0.2) is 0 Å². The van der Waals surface area contributed by atoms with Gasteiger partial charge >= 0.3 is 0 Å². The molecule has 3 aromatic carbocycles. The summed E-state index contributed by atoms with van der Waals surface area (Å²) in [4.78, 5) is 27.1. The molecular weight excluding hydrogens is 360 g/mol. The number of carbonyl (C=O) groups is 2. The standard InChI is InChI=1S/C25H24N2O2/c1-18-5-4-6-19(15-18)16-26-24(28)21-9-11-22(12-10-21)25(29)27-14-13-20-7-2-3-8-23(20)17-27/h2-12,15H,13-14,16-17H2,1H3,(H,26,28). The normalized spacial score (nSPS) is 12.9. The molecule has 0 fully saturated rings. The van der Waals surface area contributed by atoms with Gasteiger partial charge in [-0.15, -0.1) is 0 Å². The Morgan fingerprint density at radius 3 is 2.38 bits per heavy atom. The molecule has 0 spiro atoms. The van der Waals surface area contributed by atoms with Gasteiger partial charge in [0.1, 0.15) is 0 Å². The van der Waals surface area contributed by atoms with E-state index in [4.69, 9.17) is 0 Å². The van der Waals surface area contributed by atoms with Crippen molar-refractivity contribution in [2.75, 3.05) is 6.54 Å². The zero-order valence-corrected chi connectivity index (χ0v) is 16.5. The molecule has 0 bridgehead atoms. The lowest BCUT2D eigenvalue weighted by Crippen LogP contribution is -2.35. The van der Waals surface area contributed by atoms with Crippen LogP contribution in [0.25, 0.3) is 0 Å². The lowest BCUT2D eigenvalue weighted by molar-refractivity contribution is 0.0734. The quantitative estimate of drug-likeness (QED) is 0.735. The fourth-order valence-corrected chi connectivity index (χ4v) is 3.72. The van der Waals surface area contributed by atoms with Crippen LogP contribution in [0.1, 0.15) is 43.0 Å². The lowest BCUT2D eigenvalue weighted by Gasteiger charge is -2.29. The number of hydrogen-bond donors (Lipinski definition) is 1. The zero-order chi connectivity index (χ0) is 20.2. The van der Waals surface area contributed by atoms with E-state index in [0.29, 0.717) is 30.8 Å². The summed E-state index contributed by atoms with van der Waals surface area (Å²) in [5, 5.41) is 2.93. The number of hydrogen-bond acceptors (Lipinski definition) is 2. The highest BCUT2D eigenvalue weighted by Crippen LogP contribution is 2.20. The first-order valence-electron chi connectivity index (χ1n) is 9.90. The van der Waals surface area contributed by atoms with Gasteiger partial charge < -0.3 is 10.2 Å². The van der Waals surface area contributed by atoms with Gasteiger partial charge in [0, 0.05) is 30.8 Å². The van der Waals surface area contributed by atoms with Crippen molar-refractivity contribution in [2.45, 2.75) is 26.4 Å². The van der Waals surface area contributed by atoms with Gasteiger partial charge in [-0.1, -0.05) is 54.1 Å². The van der Waals surface area contributed by atoms with E-state index >= 15 is 0 Å². The molecule has 1 aliphatic heterocycles. The first-order chi connectivity index (χ1) is 14.1. The van der Waals surface area contributed by atoms with E-state index in [1.165, 1.54) is 16.7 Å². The summed E-state index contributed by atoms with van der Waals surface area (Å²) in [6.45, 7) is 3.86. The number of nitrogens with one attached hydrogen (secondary N) is 1. The van der Waals surface area contributed by atoms with Crippen molar-refractivity contribution in [1.29, 1.82) is 0 Å². The topological polar surface area (TPSA) is 49.4 Å². The van der Waals surface area contributed by atoms with Crippen molar-refractivity contribution >= 4 is 11.8 Å². The van der Waals surface area contributed by atoms with Crippen LogP contribution >= 0.6 is 0 Å². The van der Waals surface area contributed by atoms with E-state index in [1.807, 2.05) is 42.2 Å². The molecule has 4 rings (SSSR count). The van der Waals surface area contributed by atoms with Crippen LogP contribution in [-0.4, -0.2) is 23.3 Å². The fraction of sp³-hybridized carbons (Fsp3) is 0.200. The summed E-state index contributed by atoms with van der Waals surface area (Å²) in [6, 6.07) is 23.2. The number of fused-ring (bicyclic) bond motifs is 1. The monoisotopic (exact) mass is 384 g/mol. The second-order valence-electron chi connectivity index (χ2n) is 7.49. The van der Waals surface area contributed by atoms with E-state index in [-0.39, 0.29) is 11.8 Å². The maximum atomic E-state index is 12.9. The average molecular weight is 384 g/mol. The van der Waals surface area contributed by atoms with Gasteiger partial charge in [0.2, 0.25) is 0 Å². The molecule has 0 saturated carbocycles. The third-order valence-electron chi connectivity index (χ3n) is 5.35. The summed E-state index contributed by atoms with van der Waals surface area (Å²) in [5.41, 5.74) is 5.92. The van der Waals surface area contributed by atoms with Crippen molar-refractivity contribution < 1.29 is 9.59 Å². The number of rotatable bonds is 4. The number of aryl methyl sites for hydroxylation is 1. The van der Waals surface area contributed by atoms with Gasteiger partial charge in [-0.2, -0.15) is 0 Å². The van der Waals surface area contributed by atoms with Crippen molar-refractivity contribution in [1.82, 2.24) is 10.2 Å². The second kappa shape index (κ2) is 8.31. The Balaban J connectivity index is 1.38. The average Bonchev–Trinajstić information content (AvgIpc) is 2.77. The minimum Gasteiger partial charge on any atom is -0.348 e. The van der Waals surface area contributed by atoms with E-state index in [1.54, 1.807) is 24.3 Å². The van der Waals surface area contributed by atoms with Gasteiger partial charge in [-0.3, -0.25) is 9.59 Å². The van der Waals surface area contributed by atoms with E-state index in [0.717, 1.165) is 12.0 Å². The van der Waals surface area contributed by atoms with Crippen LogP contribution < -0.4 is 5.32 Å². The molecule has 0 saturated heterocycles. The molecular formula is C25H24N2O2. The molecule has 0 radical (unpaired) electrons. The van der Waals surface area contributed by atoms with Crippen LogP contribution in [0.5, 0.6) is 0 Å². The molecule has 1 heterocycles. The summed E-state index contributed by atoms with van der Waals surface area (Å²) >= 11 is 0. The molecule has 4 nitrogen and oxygen atoms in total. The van der Waals surface area contributed by atoms with Crippen LogP contribution in [0.2, 0.25) is 0 Å². The van der Waals surface area contributed by atoms with Crippen LogP contribution in [-0.2, 0) is 19.5 Å². The zero-order valence-electron chi connectivity index (χ0n) is 16.5. The van der Waals surface area contributed by atoms with Gasteiger partial charge in [0.25, 0.3) is 11.8 Å². The van der Waals surface area contributed by atoms with Crippen molar-refractivity contribution in [3.8, 4) is 0 Å². The molecule has 3 aromatic rings. The highest BCUT2D eigenvalue weighted by atomic mass is 16.2. The van der Waals surface area contributed by atoms with Crippen molar-refractivity contribution in [3.63, 3.8) is 0 Å². The molecule has 0 atom stereocenters. The molecule has 1 aliphatic rings. The number of nitrogens with zero attached hydrogens (tertiary/aromatic N) is 1. The third kappa shape index (κ3) is 4.37. The smallest absolute Gasteiger partial charge is 0.254 e. The number of carbonyl (C=O) groups excluding carboxylic acids is 2. The molecule has 0 aromatic heterocycles. The Bertz CT molecular complexity index is 1040. The summed E-state index contributed by atoms with van der Waals surface area (Å²) < 4.78 is 0.